The number of benzene rings is 1. The summed E-state index contributed by atoms with van der Waals surface area (Å²) >= 11 is 0. The summed E-state index contributed by atoms with van der Waals surface area (Å²) in [5.74, 6) is 0.551. The first-order valence-electron chi connectivity index (χ1n) is 7.94. The van der Waals surface area contributed by atoms with Crippen molar-refractivity contribution in [2.24, 2.45) is 16.6 Å². The second kappa shape index (κ2) is 9.57. The Morgan fingerprint density at radius 3 is 2.71 bits per heavy atom. The molecule has 1 saturated carbocycles. The monoisotopic (exact) mass is 466 g/mol. The number of aryl methyl sites for hydroxylation is 1. The van der Waals surface area contributed by atoms with Crippen LogP contribution in [0, 0.1) is 12.8 Å². The van der Waals surface area contributed by atoms with Crippen LogP contribution in [-0.2, 0) is 10.0 Å². The summed E-state index contributed by atoms with van der Waals surface area (Å²) in [5, 5.41) is 3.07. The van der Waals surface area contributed by atoms with Crippen LogP contribution in [0.3, 0.4) is 0 Å². The summed E-state index contributed by atoms with van der Waals surface area (Å²) in [6.07, 6.45) is 5.18. The topological polar surface area (TPSA) is 96.6 Å². The molecule has 0 radical (unpaired) electrons. The maximum Gasteiger partial charge on any atom is 0.208 e. The number of sulfonamides is 1. The molecule has 1 aromatic carbocycles. The molecule has 0 aliphatic heterocycles. The highest BCUT2D eigenvalue weighted by Gasteiger charge is 2.27. The van der Waals surface area contributed by atoms with Crippen molar-refractivity contribution in [1.29, 1.82) is 0 Å². The standard InChI is InChI=1S/C16H26N4O2S.HI/c1-12-6-5-8-14(10-12)19-16(17)18-11-13-7-3-4-9-15(13)20-23(2,21)22;/h5-6,8,10,13,15,20H,3-4,7,9,11H2,1-2H3,(H3,17,18,19);1H. The number of hydrogen-bond acceptors (Lipinski definition) is 3. The number of rotatable bonds is 5. The van der Waals surface area contributed by atoms with Crippen molar-refractivity contribution in [2.75, 3.05) is 18.1 Å². The van der Waals surface area contributed by atoms with E-state index in [0.717, 1.165) is 36.9 Å². The molecule has 8 heteroatoms. The van der Waals surface area contributed by atoms with E-state index in [1.807, 2.05) is 31.2 Å². The van der Waals surface area contributed by atoms with Crippen molar-refractivity contribution in [3.05, 3.63) is 29.8 Å². The number of hydrogen-bond donors (Lipinski definition) is 3. The molecule has 2 rings (SSSR count). The van der Waals surface area contributed by atoms with Crippen LogP contribution in [0.1, 0.15) is 31.2 Å². The van der Waals surface area contributed by atoms with Crippen molar-refractivity contribution in [3.8, 4) is 0 Å². The van der Waals surface area contributed by atoms with Crippen LogP contribution in [0.25, 0.3) is 0 Å². The molecular formula is C16H27IN4O2S. The maximum atomic E-state index is 11.5. The Bertz CT molecular complexity index is 664. The number of halogens is 1. The lowest BCUT2D eigenvalue weighted by Crippen LogP contribution is -2.43. The zero-order chi connectivity index (χ0) is 16.9. The lowest BCUT2D eigenvalue weighted by atomic mass is 9.85. The van der Waals surface area contributed by atoms with E-state index in [4.69, 9.17) is 5.73 Å². The Hall–Kier alpha value is -0.870. The van der Waals surface area contributed by atoms with Gasteiger partial charge in [0.25, 0.3) is 0 Å². The molecule has 2 unspecified atom stereocenters. The quantitative estimate of drug-likeness (QED) is 0.353. The zero-order valence-electron chi connectivity index (χ0n) is 14.2. The van der Waals surface area contributed by atoms with Gasteiger partial charge in [0.05, 0.1) is 6.26 Å². The first-order valence-corrected chi connectivity index (χ1v) is 9.83. The summed E-state index contributed by atoms with van der Waals surface area (Å²) in [7, 11) is -3.19. The van der Waals surface area contributed by atoms with E-state index >= 15 is 0 Å². The Morgan fingerprint density at radius 1 is 1.33 bits per heavy atom. The van der Waals surface area contributed by atoms with E-state index in [1.54, 1.807) is 0 Å². The van der Waals surface area contributed by atoms with Gasteiger partial charge in [-0.15, -0.1) is 24.0 Å². The van der Waals surface area contributed by atoms with Crippen molar-refractivity contribution in [2.45, 2.75) is 38.6 Å². The first kappa shape index (κ1) is 21.2. The minimum absolute atomic E-state index is 0. The Labute approximate surface area is 161 Å². The molecule has 0 heterocycles. The van der Waals surface area contributed by atoms with Gasteiger partial charge in [-0.3, -0.25) is 4.99 Å². The van der Waals surface area contributed by atoms with Gasteiger partial charge in [-0.25, -0.2) is 13.1 Å². The second-order valence-corrected chi connectivity index (χ2v) is 8.04. The molecule has 0 spiro atoms. The summed E-state index contributed by atoms with van der Waals surface area (Å²) in [5.41, 5.74) is 8.00. The lowest BCUT2D eigenvalue weighted by Gasteiger charge is -2.30. The highest BCUT2D eigenvalue weighted by atomic mass is 127. The van der Waals surface area contributed by atoms with Gasteiger partial charge in [-0.1, -0.05) is 25.0 Å². The van der Waals surface area contributed by atoms with Crippen LogP contribution in [0.15, 0.2) is 29.3 Å². The fourth-order valence-corrected chi connectivity index (χ4v) is 3.84. The fraction of sp³-hybridized carbons (Fsp3) is 0.562. The number of guanidine groups is 1. The summed E-state index contributed by atoms with van der Waals surface area (Å²) in [6.45, 7) is 2.54. The highest BCUT2D eigenvalue weighted by Crippen LogP contribution is 2.25. The maximum absolute atomic E-state index is 11.5. The molecule has 1 aromatic rings. The third-order valence-electron chi connectivity index (χ3n) is 4.06. The fourth-order valence-electron chi connectivity index (χ4n) is 2.98. The van der Waals surface area contributed by atoms with Gasteiger partial charge in [0.15, 0.2) is 5.96 Å². The molecule has 0 amide bonds. The average molecular weight is 466 g/mol. The van der Waals surface area contributed by atoms with E-state index in [2.05, 4.69) is 15.0 Å². The number of nitrogens with two attached hydrogens (primary N) is 1. The predicted octanol–water partition coefficient (Wildman–Crippen LogP) is 2.45. The van der Waals surface area contributed by atoms with Crippen LogP contribution in [0.5, 0.6) is 0 Å². The van der Waals surface area contributed by atoms with Crippen LogP contribution in [0.2, 0.25) is 0 Å². The summed E-state index contributed by atoms with van der Waals surface area (Å²) in [6, 6.07) is 7.86. The van der Waals surface area contributed by atoms with Gasteiger partial charge < -0.3 is 11.1 Å². The third kappa shape index (κ3) is 7.35. The van der Waals surface area contributed by atoms with Crippen LogP contribution in [0.4, 0.5) is 5.69 Å². The van der Waals surface area contributed by atoms with Crippen LogP contribution >= 0.6 is 24.0 Å². The molecule has 136 valence electrons. The van der Waals surface area contributed by atoms with Gasteiger partial charge in [0.2, 0.25) is 10.0 Å². The van der Waals surface area contributed by atoms with Gasteiger partial charge in [-0.05, 0) is 43.4 Å². The van der Waals surface area contributed by atoms with Crippen LogP contribution in [-0.4, -0.2) is 33.2 Å². The van der Waals surface area contributed by atoms with Crippen LogP contribution < -0.4 is 15.8 Å². The molecule has 0 aromatic heterocycles. The van der Waals surface area contributed by atoms with E-state index < -0.39 is 10.0 Å². The molecule has 24 heavy (non-hydrogen) atoms. The number of anilines is 1. The normalized spacial score (nSPS) is 21.8. The number of nitrogens with zero attached hydrogens (tertiary/aromatic N) is 1. The highest BCUT2D eigenvalue weighted by molar-refractivity contribution is 14.0. The predicted molar refractivity (Wildman–Crippen MR) is 110 cm³/mol. The molecule has 6 nitrogen and oxygen atoms in total. The van der Waals surface area contributed by atoms with Crippen molar-refractivity contribution >= 4 is 45.6 Å². The van der Waals surface area contributed by atoms with Crippen molar-refractivity contribution in [1.82, 2.24) is 4.72 Å². The molecule has 0 bridgehead atoms. The first-order chi connectivity index (χ1) is 10.8. The van der Waals surface area contributed by atoms with E-state index in [1.165, 1.54) is 6.26 Å². The van der Waals surface area contributed by atoms with E-state index in [0.29, 0.717) is 12.5 Å². The molecule has 1 aliphatic carbocycles. The van der Waals surface area contributed by atoms with E-state index in [9.17, 15) is 8.42 Å². The Kier molecular flexibility index (Phi) is 8.44. The van der Waals surface area contributed by atoms with E-state index in [-0.39, 0.29) is 35.9 Å². The Balaban J connectivity index is 0.00000288. The molecule has 2 atom stereocenters. The van der Waals surface area contributed by atoms with Crippen molar-refractivity contribution in [3.63, 3.8) is 0 Å². The molecule has 1 aliphatic rings. The van der Waals surface area contributed by atoms with Gasteiger partial charge in [0.1, 0.15) is 0 Å². The zero-order valence-corrected chi connectivity index (χ0v) is 17.3. The summed E-state index contributed by atoms with van der Waals surface area (Å²) in [4.78, 5) is 4.40. The smallest absolute Gasteiger partial charge is 0.208 e. The summed E-state index contributed by atoms with van der Waals surface area (Å²) < 4.78 is 25.7. The number of nitrogens with one attached hydrogen (secondary N) is 2. The largest absolute Gasteiger partial charge is 0.370 e. The van der Waals surface area contributed by atoms with Gasteiger partial charge >= 0.3 is 0 Å². The lowest BCUT2D eigenvalue weighted by molar-refractivity contribution is 0.297. The number of aliphatic imine (C=N–C) groups is 1. The second-order valence-electron chi connectivity index (χ2n) is 6.26. The van der Waals surface area contributed by atoms with Gasteiger partial charge in [0, 0.05) is 18.3 Å². The third-order valence-corrected chi connectivity index (χ3v) is 4.79. The van der Waals surface area contributed by atoms with Crippen molar-refractivity contribution < 1.29 is 8.42 Å². The Morgan fingerprint density at radius 2 is 2.04 bits per heavy atom. The SMILES string of the molecule is Cc1cccc(NC(N)=NCC2CCCCC2NS(C)(=O)=O)c1.I. The molecular weight excluding hydrogens is 439 g/mol. The minimum atomic E-state index is -3.19. The average Bonchev–Trinajstić information content (AvgIpc) is 2.45. The minimum Gasteiger partial charge on any atom is -0.370 e. The molecule has 4 N–H and O–H groups in total. The van der Waals surface area contributed by atoms with Gasteiger partial charge in [-0.2, -0.15) is 0 Å². The molecule has 1 fully saturated rings. The molecule has 0 saturated heterocycles.